The van der Waals surface area contributed by atoms with Crippen molar-refractivity contribution in [3.05, 3.63) is 0 Å². The summed E-state index contributed by atoms with van der Waals surface area (Å²) in [4.78, 5) is 25.6. The number of hydrogen-bond acceptors (Lipinski definition) is 4. The van der Waals surface area contributed by atoms with Crippen molar-refractivity contribution in [1.29, 1.82) is 0 Å². The summed E-state index contributed by atoms with van der Waals surface area (Å²) in [6.45, 7) is 0. The smallest absolute Gasteiger partial charge is 0.822 e. The van der Waals surface area contributed by atoms with Crippen LogP contribution in [0, 0.1) is 0 Å². The summed E-state index contributed by atoms with van der Waals surface area (Å²) in [7, 11) is -5.39. The minimum absolute atomic E-state index is 0. The van der Waals surface area contributed by atoms with Gasteiger partial charge in [-0.2, -0.15) is 7.82 Å². The Morgan fingerprint density at radius 2 is 1.14 bits per heavy atom. The van der Waals surface area contributed by atoms with Gasteiger partial charge in [0.25, 0.3) is 0 Å². The van der Waals surface area contributed by atoms with Gasteiger partial charge in [0.1, 0.15) is 0 Å². The molecule has 0 N–H and O–H groups in total. The van der Waals surface area contributed by atoms with Gasteiger partial charge in [0.15, 0.2) is 0 Å². The molecule has 0 aliphatic carbocycles. The second-order valence-corrected chi connectivity index (χ2v) is 1.34. The van der Waals surface area contributed by atoms with E-state index in [4.69, 9.17) is 19.2 Å². The molecule has 0 aromatic carbocycles. The normalized spacial score (nSPS) is 8.43. The van der Waals surface area contributed by atoms with Crippen molar-refractivity contribution in [2.24, 2.45) is 0 Å². The van der Waals surface area contributed by atoms with E-state index in [0.717, 1.165) is 0 Å². The van der Waals surface area contributed by atoms with Crippen LogP contribution >= 0.6 is 7.82 Å². The van der Waals surface area contributed by atoms with Crippen molar-refractivity contribution in [2.75, 3.05) is 0 Å². The second-order valence-electron chi connectivity index (χ2n) is 0.447. The van der Waals surface area contributed by atoms with Crippen LogP contribution in [0.5, 0.6) is 0 Å². The maximum atomic E-state index is 8.55. The molecule has 4 nitrogen and oxygen atoms in total. The summed E-state index contributed by atoms with van der Waals surface area (Å²) in [5, 5.41) is 0. The molecular formula is LiO4PTi. The van der Waals surface area contributed by atoms with Gasteiger partial charge in [0.2, 0.25) is 0 Å². The van der Waals surface area contributed by atoms with E-state index in [1.165, 1.54) is 0 Å². The predicted molar refractivity (Wildman–Crippen MR) is 7.61 cm³/mol. The van der Waals surface area contributed by atoms with Crippen LogP contribution in [0.2, 0.25) is 0 Å². The fourth-order valence-electron chi connectivity index (χ4n) is 0. The van der Waals surface area contributed by atoms with E-state index in [-0.39, 0.29) is 40.6 Å². The Kier molecular flexibility index (Phi) is 12.5. The third-order valence-electron chi connectivity index (χ3n) is 0. The van der Waals surface area contributed by atoms with Crippen molar-refractivity contribution >= 4 is 7.82 Å². The Balaban J connectivity index is -0.0000000800. The maximum absolute atomic E-state index is 8.55. The van der Waals surface area contributed by atoms with Gasteiger partial charge in [-0.1, -0.05) is 0 Å². The first kappa shape index (κ1) is 15.8. The van der Waals surface area contributed by atoms with Gasteiger partial charge in [0, 0.05) is 0 Å². The third-order valence-corrected chi connectivity index (χ3v) is 0. The first-order valence-corrected chi connectivity index (χ1v) is 2.19. The van der Waals surface area contributed by atoms with E-state index >= 15 is 0 Å². The first-order chi connectivity index (χ1) is 2.00. The molecule has 7 heavy (non-hydrogen) atoms. The van der Waals surface area contributed by atoms with E-state index in [0.29, 0.717) is 0 Å². The topological polar surface area (TPSA) is 86.2 Å². The van der Waals surface area contributed by atoms with Crippen molar-refractivity contribution in [1.82, 2.24) is 0 Å². The molecule has 0 aliphatic rings. The second kappa shape index (κ2) is 5.56. The molecule has 34 valence electrons. The Hall–Kier alpha value is 1.42. The molecule has 0 aromatic heterocycles. The summed E-state index contributed by atoms with van der Waals surface area (Å²) >= 11 is 0. The van der Waals surface area contributed by atoms with Gasteiger partial charge in [-0.3, -0.25) is 0 Å². The summed E-state index contributed by atoms with van der Waals surface area (Å²) in [5.41, 5.74) is 0. The molecule has 0 atom stereocenters. The number of hydrogen-bond donors (Lipinski definition) is 0. The van der Waals surface area contributed by atoms with Gasteiger partial charge in [0.05, 0.1) is 0 Å². The molecule has 7 heteroatoms. The monoisotopic (exact) mass is 150 g/mol. The third kappa shape index (κ3) is 108. The van der Waals surface area contributed by atoms with Crippen molar-refractivity contribution in [3.8, 4) is 0 Å². The van der Waals surface area contributed by atoms with Gasteiger partial charge in [-0.15, -0.1) is 0 Å². The van der Waals surface area contributed by atoms with Gasteiger partial charge < -0.3 is 19.2 Å². The molecular weight excluding hydrogens is 150 g/mol. The number of phosphoric acid groups is 1. The Labute approximate surface area is 67.6 Å². The Morgan fingerprint density at radius 3 is 1.14 bits per heavy atom. The maximum Gasteiger partial charge on any atom is 2.00 e. The summed E-state index contributed by atoms with van der Waals surface area (Å²) in [6.07, 6.45) is 0. The molecule has 0 amide bonds. The predicted octanol–water partition coefficient (Wildman–Crippen LogP) is -5.82. The van der Waals surface area contributed by atoms with Gasteiger partial charge in [-0.05, 0) is 0 Å². The van der Waals surface area contributed by atoms with Crippen LogP contribution in [-0.2, 0) is 26.3 Å². The minimum atomic E-state index is -5.39. The molecule has 0 unspecified atom stereocenters. The fourth-order valence-corrected chi connectivity index (χ4v) is 0. The Bertz CT molecular complexity index is 57.8. The van der Waals surface area contributed by atoms with Crippen molar-refractivity contribution in [2.45, 2.75) is 0 Å². The SMILES string of the molecule is O=P([O-])([O-])[O-].[Li+].[Ti+2]. The van der Waals surface area contributed by atoms with Gasteiger partial charge in [-0.25, -0.2) is 0 Å². The van der Waals surface area contributed by atoms with Crippen molar-refractivity contribution < 1.29 is 59.8 Å². The van der Waals surface area contributed by atoms with Crippen LogP contribution in [0.1, 0.15) is 0 Å². The molecule has 0 radical (unpaired) electrons. The van der Waals surface area contributed by atoms with Crippen LogP contribution in [0.15, 0.2) is 0 Å². The molecule has 0 bridgehead atoms. The van der Waals surface area contributed by atoms with E-state index in [9.17, 15) is 0 Å². The van der Waals surface area contributed by atoms with Crippen LogP contribution in [-0.4, -0.2) is 0 Å². The van der Waals surface area contributed by atoms with Crippen LogP contribution in [0.4, 0.5) is 0 Å². The molecule has 0 saturated carbocycles. The zero-order valence-electron chi connectivity index (χ0n) is 3.58. The standard InChI is InChI=1S/Li.H3O4P.Ti/c;1-5(2,3)4;/h;(H3,1,2,3,4);/q+1;;+2/p-3. The first-order valence-electron chi connectivity index (χ1n) is 0.730. The summed E-state index contributed by atoms with van der Waals surface area (Å²) < 4.78 is 8.55. The summed E-state index contributed by atoms with van der Waals surface area (Å²) in [5.74, 6) is 0. The molecule has 0 saturated heterocycles. The quantitative estimate of drug-likeness (QED) is 0.254. The average molecular weight is 150 g/mol. The zero-order chi connectivity index (χ0) is 4.50. The van der Waals surface area contributed by atoms with Crippen molar-refractivity contribution in [3.63, 3.8) is 0 Å². The zero-order valence-corrected chi connectivity index (χ0v) is 6.04. The van der Waals surface area contributed by atoms with Crippen LogP contribution in [0.3, 0.4) is 0 Å². The average Bonchev–Trinajstić information content (AvgIpc) is 0.722. The molecule has 0 heterocycles. The molecule has 0 spiro atoms. The molecule has 0 fully saturated rings. The Morgan fingerprint density at radius 1 is 1.14 bits per heavy atom. The minimum Gasteiger partial charge on any atom is -0.822 e. The molecule has 0 aliphatic heterocycles. The van der Waals surface area contributed by atoms with E-state index in [1.807, 2.05) is 0 Å². The summed E-state index contributed by atoms with van der Waals surface area (Å²) in [6, 6.07) is 0. The van der Waals surface area contributed by atoms with E-state index in [1.54, 1.807) is 0 Å². The van der Waals surface area contributed by atoms with E-state index in [2.05, 4.69) is 0 Å². The fraction of sp³-hybridized carbons (Fsp3) is 0. The number of rotatable bonds is 0. The van der Waals surface area contributed by atoms with Gasteiger partial charge >= 0.3 is 40.6 Å². The van der Waals surface area contributed by atoms with E-state index < -0.39 is 7.82 Å². The van der Waals surface area contributed by atoms with Crippen LogP contribution < -0.4 is 33.5 Å². The van der Waals surface area contributed by atoms with Crippen LogP contribution in [0.25, 0.3) is 0 Å². The largest absolute Gasteiger partial charge is 2.00 e. The molecule has 0 rings (SSSR count). The molecule has 0 aromatic rings.